The number of carbonyl (C=O) groups excluding carboxylic acids is 1. The highest BCUT2D eigenvalue weighted by Crippen LogP contribution is 2.38. The first-order valence-corrected chi connectivity index (χ1v) is 8.76. The van der Waals surface area contributed by atoms with Crippen molar-refractivity contribution in [1.82, 2.24) is 10.6 Å². The summed E-state index contributed by atoms with van der Waals surface area (Å²) < 4.78 is 11.0. The molecule has 3 N–H and O–H groups in total. The van der Waals surface area contributed by atoms with Crippen molar-refractivity contribution in [1.29, 1.82) is 0 Å². The number of aliphatic carboxylic acids is 1. The maximum absolute atomic E-state index is 12.0. The van der Waals surface area contributed by atoms with Crippen molar-refractivity contribution >= 4 is 23.6 Å². The molecule has 0 spiro atoms. The van der Waals surface area contributed by atoms with Crippen molar-refractivity contribution < 1.29 is 24.2 Å². The Balaban J connectivity index is 1.48. The fourth-order valence-corrected chi connectivity index (χ4v) is 3.46. The van der Waals surface area contributed by atoms with Crippen LogP contribution in [-0.2, 0) is 11.3 Å². The first-order chi connectivity index (χ1) is 12.0. The van der Waals surface area contributed by atoms with Gasteiger partial charge in [-0.3, -0.25) is 4.79 Å². The molecule has 2 amide bonds. The van der Waals surface area contributed by atoms with Crippen molar-refractivity contribution in [3.05, 3.63) is 22.7 Å². The first-order valence-electron chi connectivity index (χ1n) is 8.38. The molecule has 1 aromatic rings. The van der Waals surface area contributed by atoms with Gasteiger partial charge in [-0.15, -0.1) is 0 Å². The highest BCUT2D eigenvalue weighted by molar-refractivity contribution is 6.32. The van der Waals surface area contributed by atoms with Crippen LogP contribution in [0.5, 0.6) is 11.5 Å². The Kier molecular flexibility index (Phi) is 5.53. The van der Waals surface area contributed by atoms with Crippen LogP contribution in [0, 0.1) is 5.92 Å². The SMILES string of the molecule is O=C(NCc1cc(Cl)c2c(c1)OCCO2)NC1CCC(C(=O)O)CC1. The van der Waals surface area contributed by atoms with Crippen LogP contribution in [0.15, 0.2) is 12.1 Å². The second-order valence-corrected chi connectivity index (χ2v) is 6.72. The highest BCUT2D eigenvalue weighted by atomic mass is 35.5. The van der Waals surface area contributed by atoms with Gasteiger partial charge in [-0.25, -0.2) is 4.79 Å². The van der Waals surface area contributed by atoms with E-state index in [1.54, 1.807) is 12.1 Å². The average Bonchev–Trinajstić information content (AvgIpc) is 2.60. The molecule has 0 bridgehead atoms. The van der Waals surface area contributed by atoms with E-state index < -0.39 is 5.97 Å². The van der Waals surface area contributed by atoms with Gasteiger partial charge in [-0.2, -0.15) is 0 Å². The number of ether oxygens (including phenoxy) is 2. The molecule has 2 aliphatic rings. The molecular weight excluding hydrogens is 348 g/mol. The Labute approximate surface area is 150 Å². The zero-order chi connectivity index (χ0) is 17.8. The van der Waals surface area contributed by atoms with E-state index in [0.29, 0.717) is 62.0 Å². The van der Waals surface area contributed by atoms with Crippen molar-refractivity contribution in [2.75, 3.05) is 13.2 Å². The number of urea groups is 1. The molecule has 0 aromatic heterocycles. The molecule has 8 heteroatoms. The molecule has 0 radical (unpaired) electrons. The Morgan fingerprint density at radius 2 is 1.88 bits per heavy atom. The standard InChI is InChI=1S/C17H21ClN2O5/c18-13-7-10(8-14-15(13)25-6-5-24-14)9-19-17(23)20-12-3-1-11(2-4-12)16(21)22/h7-8,11-12H,1-6,9H2,(H,21,22)(H2,19,20,23). The van der Waals surface area contributed by atoms with E-state index in [-0.39, 0.29) is 18.0 Å². The molecule has 1 fully saturated rings. The van der Waals surface area contributed by atoms with Gasteiger partial charge in [-0.1, -0.05) is 11.6 Å². The zero-order valence-corrected chi connectivity index (χ0v) is 14.5. The largest absolute Gasteiger partial charge is 0.486 e. The number of carbonyl (C=O) groups is 2. The lowest BCUT2D eigenvalue weighted by atomic mass is 9.86. The van der Waals surface area contributed by atoms with Gasteiger partial charge in [0.25, 0.3) is 0 Å². The van der Waals surface area contributed by atoms with Crippen LogP contribution >= 0.6 is 11.6 Å². The number of nitrogens with one attached hydrogen (secondary N) is 2. The average molecular weight is 369 g/mol. The van der Waals surface area contributed by atoms with E-state index in [2.05, 4.69) is 10.6 Å². The number of amides is 2. The maximum atomic E-state index is 12.0. The number of benzene rings is 1. The molecule has 1 saturated carbocycles. The first kappa shape index (κ1) is 17.7. The summed E-state index contributed by atoms with van der Waals surface area (Å²) in [6, 6.07) is 3.29. The van der Waals surface area contributed by atoms with Crippen LogP contribution in [0.4, 0.5) is 4.79 Å². The van der Waals surface area contributed by atoms with Crippen molar-refractivity contribution in [3.63, 3.8) is 0 Å². The molecule has 3 rings (SSSR count). The fraction of sp³-hybridized carbons (Fsp3) is 0.529. The maximum Gasteiger partial charge on any atom is 0.315 e. The lowest BCUT2D eigenvalue weighted by Crippen LogP contribution is -2.43. The molecule has 1 aliphatic carbocycles. The molecular formula is C17H21ClN2O5. The smallest absolute Gasteiger partial charge is 0.315 e. The summed E-state index contributed by atoms with van der Waals surface area (Å²) in [4.78, 5) is 23.0. The lowest BCUT2D eigenvalue weighted by Gasteiger charge is -2.26. The van der Waals surface area contributed by atoms with E-state index in [1.165, 1.54) is 0 Å². The molecule has 0 unspecified atom stereocenters. The van der Waals surface area contributed by atoms with Crippen LogP contribution in [0.25, 0.3) is 0 Å². The molecule has 136 valence electrons. The van der Waals surface area contributed by atoms with Gasteiger partial charge in [0, 0.05) is 12.6 Å². The van der Waals surface area contributed by atoms with Gasteiger partial charge in [0.2, 0.25) is 0 Å². The normalized spacial score (nSPS) is 22.1. The van der Waals surface area contributed by atoms with Crippen molar-refractivity contribution in [2.24, 2.45) is 5.92 Å². The minimum absolute atomic E-state index is 0.0134. The molecule has 1 heterocycles. The third kappa shape index (κ3) is 4.48. The van der Waals surface area contributed by atoms with Crippen LogP contribution < -0.4 is 20.1 Å². The second-order valence-electron chi connectivity index (χ2n) is 6.32. The van der Waals surface area contributed by atoms with Gasteiger partial charge < -0.3 is 25.2 Å². The number of hydrogen-bond donors (Lipinski definition) is 3. The summed E-state index contributed by atoms with van der Waals surface area (Å²) in [5.41, 5.74) is 0.819. The van der Waals surface area contributed by atoms with E-state index in [1.807, 2.05) is 0 Å². The van der Waals surface area contributed by atoms with E-state index >= 15 is 0 Å². The summed E-state index contributed by atoms with van der Waals surface area (Å²) in [5.74, 6) is 0.0821. The number of carboxylic acids is 1. The Morgan fingerprint density at radius 3 is 2.60 bits per heavy atom. The summed E-state index contributed by atoms with van der Waals surface area (Å²) in [7, 11) is 0. The molecule has 0 saturated heterocycles. The Bertz CT molecular complexity index is 659. The van der Waals surface area contributed by atoms with Gasteiger partial charge in [0.1, 0.15) is 13.2 Å². The predicted octanol–water partition coefficient (Wildman–Crippen LogP) is 2.55. The quantitative estimate of drug-likeness (QED) is 0.758. The topological polar surface area (TPSA) is 96.9 Å². The lowest BCUT2D eigenvalue weighted by molar-refractivity contribution is -0.142. The third-order valence-corrected chi connectivity index (χ3v) is 4.80. The number of halogens is 1. The van der Waals surface area contributed by atoms with Crippen molar-refractivity contribution in [2.45, 2.75) is 38.3 Å². The van der Waals surface area contributed by atoms with E-state index in [4.69, 9.17) is 26.2 Å². The molecule has 0 atom stereocenters. The van der Waals surface area contributed by atoms with Crippen LogP contribution in [0.3, 0.4) is 0 Å². The summed E-state index contributed by atoms with van der Waals surface area (Å²) in [6.45, 7) is 1.25. The summed E-state index contributed by atoms with van der Waals surface area (Å²) in [6.07, 6.45) is 2.55. The second kappa shape index (κ2) is 7.82. The number of carboxylic acid groups (broad SMARTS) is 1. The fourth-order valence-electron chi connectivity index (χ4n) is 3.17. The molecule has 7 nitrogen and oxygen atoms in total. The van der Waals surface area contributed by atoms with Crippen LogP contribution in [-0.4, -0.2) is 36.4 Å². The molecule has 1 aliphatic heterocycles. The van der Waals surface area contributed by atoms with Gasteiger partial charge >= 0.3 is 12.0 Å². The minimum atomic E-state index is -0.751. The number of hydrogen-bond acceptors (Lipinski definition) is 4. The van der Waals surface area contributed by atoms with Crippen molar-refractivity contribution in [3.8, 4) is 11.5 Å². The summed E-state index contributed by atoms with van der Waals surface area (Å²) >= 11 is 6.18. The highest BCUT2D eigenvalue weighted by Gasteiger charge is 2.26. The van der Waals surface area contributed by atoms with E-state index in [0.717, 1.165) is 5.56 Å². The number of fused-ring (bicyclic) bond motifs is 1. The van der Waals surface area contributed by atoms with Gasteiger partial charge in [0.05, 0.1) is 10.9 Å². The third-order valence-electron chi connectivity index (χ3n) is 4.52. The van der Waals surface area contributed by atoms with Crippen LogP contribution in [0.1, 0.15) is 31.2 Å². The monoisotopic (exact) mass is 368 g/mol. The predicted molar refractivity (Wildman–Crippen MR) is 91.2 cm³/mol. The molecule has 25 heavy (non-hydrogen) atoms. The number of rotatable bonds is 4. The Hall–Kier alpha value is -2.15. The van der Waals surface area contributed by atoms with E-state index in [9.17, 15) is 9.59 Å². The van der Waals surface area contributed by atoms with Crippen LogP contribution in [0.2, 0.25) is 5.02 Å². The van der Waals surface area contributed by atoms with Gasteiger partial charge in [0.15, 0.2) is 11.5 Å². The van der Waals surface area contributed by atoms with Gasteiger partial charge in [-0.05, 0) is 43.4 Å². The minimum Gasteiger partial charge on any atom is -0.486 e. The summed E-state index contributed by atoms with van der Waals surface area (Å²) in [5, 5.41) is 15.1. The Morgan fingerprint density at radius 1 is 1.16 bits per heavy atom. The molecule has 1 aromatic carbocycles. The zero-order valence-electron chi connectivity index (χ0n) is 13.7.